The molecule has 0 N–H and O–H groups in total. The fourth-order valence-electron chi connectivity index (χ4n) is 5.23. The van der Waals surface area contributed by atoms with Crippen molar-refractivity contribution >= 4 is 0 Å². The van der Waals surface area contributed by atoms with E-state index < -0.39 is 0 Å². The molecule has 4 rings (SSSR count). The van der Waals surface area contributed by atoms with E-state index in [1.54, 1.807) is 0 Å². The van der Waals surface area contributed by atoms with Crippen molar-refractivity contribution in [3.05, 3.63) is 0 Å². The van der Waals surface area contributed by atoms with E-state index in [2.05, 4.69) is 19.6 Å². The number of ether oxygens (including phenoxy) is 4. The minimum atomic E-state index is 0.212. The molecule has 0 radical (unpaired) electrons. The number of rotatable bonds is 8. The van der Waals surface area contributed by atoms with Crippen molar-refractivity contribution in [2.45, 2.75) is 0 Å². The lowest BCUT2D eigenvalue weighted by Crippen LogP contribution is -2.60. The van der Waals surface area contributed by atoms with Gasteiger partial charge in [0.15, 0.2) is 0 Å². The van der Waals surface area contributed by atoms with Crippen LogP contribution in [0.3, 0.4) is 0 Å². The Balaban J connectivity index is 1.51. The summed E-state index contributed by atoms with van der Waals surface area (Å²) in [6, 6.07) is 0. The van der Waals surface area contributed by atoms with Gasteiger partial charge in [0.1, 0.15) is 0 Å². The SMILES string of the molecule is C1CN(CC(CN2CCOCC2)(CN2CCOCC2)CN2CCOCC2)CCO1. The van der Waals surface area contributed by atoms with Gasteiger partial charge in [0, 0.05) is 84.0 Å². The van der Waals surface area contributed by atoms with Crippen LogP contribution >= 0.6 is 0 Å². The zero-order valence-electron chi connectivity index (χ0n) is 18.1. The number of hydrogen-bond acceptors (Lipinski definition) is 8. The first-order chi connectivity index (χ1) is 14.3. The van der Waals surface area contributed by atoms with Gasteiger partial charge in [-0.3, -0.25) is 19.6 Å². The molecule has 4 aliphatic rings. The van der Waals surface area contributed by atoms with Gasteiger partial charge >= 0.3 is 0 Å². The van der Waals surface area contributed by atoms with Crippen molar-refractivity contribution in [2.24, 2.45) is 5.41 Å². The van der Waals surface area contributed by atoms with Gasteiger partial charge in [0.25, 0.3) is 0 Å². The fraction of sp³-hybridized carbons (Fsp3) is 1.00. The molecule has 0 spiro atoms. The highest BCUT2D eigenvalue weighted by atomic mass is 16.5. The van der Waals surface area contributed by atoms with Gasteiger partial charge < -0.3 is 18.9 Å². The zero-order chi connectivity index (χ0) is 19.8. The van der Waals surface area contributed by atoms with Crippen LogP contribution in [0.2, 0.25) is 0 Å². The molecule has 4 aliphatic heterocycles. The summed E-state index contributed by atoms with van der Waals surface area (Å²) in [7, 11) is 0. The lowest BCUT2D eigenvalue weighted by molar-refractivity contribution is -0.0573. The van der Waals surface area contributed by atoms with Gasteiger partial charge in [-0.25, -0.2) is 0 Å². The second-order valence-electron chi connectivity index (χ2n) is 9.05. The highest BCUT2D eigenvalue weighted by Gasteiger charge is 2.39. The molecule has 8 heteroatoms. The summed E-state index contributed by atoms with van der Waals surface area (Å²) in [5.41, 5.74) is 0.212. The summed E-state index contributed by atoms with van der Waals surface area (Å²) in [6.45, 7) is 19.9. The monoisotopic (exact) mass is 412 g/mol. The van der Waals surface area contributed by atoms with Crippen LogP contribution in [0.15, 0.2) is 0 Å². The second-order valence-corrected chi connectivity index (χ2v) is 9.05. The topological polar surface area (TPSA) is 49.9 Å². The first kappa shape index (κ1) is 21.9. The molecule has 4 heterocycles. The Hall–Kier alpha value is -0.320. The number of nitrogens with zero attached hydrogens (tertiary/aromatic N) is 4. The van der Waals surface area contributed by atoms with E-state index in [0.717, 1.165) is 131 Å². The van der Waals surface area contributed by atoms with Crippen LogP contribution in [0.4, 0.5) is 0 Å². The summed E-state index contributed by atoms with van der Waals surface area (Å²) in [5.74, 6) is 0. The normalized spacial score (nSPS) is 27.3. The van der Waals surface area contributed by atoms with Crippen molar-refractivity contribution in [2.75, 3.05) is 131 Å². The second kappa shape index (κ2) is 11.3. The molecular weight excluding hydrogens is 372 g/mol. The summed E-state index contributed by atoms with van der Waals surface area (Å²) in [4.78, 5) is 10.6. The number of morpholine rings is 4. The van der Waals surface area contributed by atoms with Crippen LogP contribution in [-0.4, -0.2) is 151 Å². The van der Waals surface area contributed by atoms with E-state index in [-0.39, 0.29) is 5.41 Å². The quantitative estimate of drug-likeness (QED) is 0.519. The Labute approximate surface area is 176 Å². The van der Waals surface area contributed by atoms with Crippen LogP contribution in [0.25, 0.3) is 0 Å². The summed E-state index contributed by atoms with van der Waals surface area (Å²) < 4.78 is 22.6. The highest BCUT2D eigenvalue weighted by Crippen LogP contribution is 2.27. The van der Waals surface area contributed by atoms with Crippen molar-refractivity contribution in [3.8, 4) is 0 Å². The van der Waals surface area contributed by atoms with Crippen LogP contribution in [-0.2, 0) is 18.9 Å². The molecule has 8 nitrogen and oxygen atoms in total. The van der Waals surface area contributed by atoms with Gasteiger partial charge in [-0.2, -0.15) is 0 Å². The molecule has 29 heavy (non-hydrogen) atoms. The van der Waals surface area contributed by atoms with E-state index in [0.29, 0.717) is 0 Å². The molecule has 0 amide bonds. The fourth-order valence-corrected chi connectivity index (χ4v) is 5.23. The molecule has 0 bridgehead atoms. The maximum atomic E-state index is 5.64. The van der Waals surface area contributed by atoms with Gasteiger partial charge in [0.05, 0.1) is 52.9 Å². The van der Waals surface area contributed by atoms with Crippen molar-refractivity contribution in [1.29, 1.82) is 0 Å². The van der Waals surface area contributed by atoms with Crippen LogP contribution in [0.1, 0.15) is 0 Å². The molecule has 0 aromatic heterocycles. The molecular formula is C21H40N4O4. The van der Waals surface area contributed by atoms with E-state index in [1.165, 1.54) is 0 Å². The average molecular weight is 413 g/mol. The first-order valence-electron chi connectivity index (χ1n) is 11.5. The van der Waals surface area contributed by atoms with Crippen molar-refractivity contribution in [3.63, 3.8) is 0 Å². The summed E-state index contributed by atoms with van der Waals surface area (Å²) in [5, 5.41) is 0. The molecule has 0 aliphatic carbocycles. The Morgan fingerprint density at radius 1 is 0.379 bits per heavy atom. The maximum absolute atomic E-state index is 5.64. The Morgan fingerprint density at radius 3 is 0.793 bits per heavy atom. The Bertz CT molecular complexity index is 374. The minimum absolute atomic E-state index is 0.212. The summed E-state index contributed by atoms with van der Waals surface area (Å²) >= 11 is 0. The largest absolute Gasteiger partial charge is 0.379 e. The van der Waals surface area contributed by atoms with Gasteiger partial charge in [-0.1, -0.05) is 0 Å². The third kappa shape index (κ3) is 6.83. The van der Waals surface area contributed by atoms with Gasteiger partial charge in [-0.05, 0) is 0 Å². The standard InChI is InChI=1S/C21H40N4O4/c1-9-26-10-2-22(1)17-21(18-23-3-11-27-12-4-23,19-24-5-13-28-14-6-24)20-25-7-15-29-16-8-25/h1-20H2. The van der Waals surface area contributed by atoms with E-state index in [9.17, 15) is 0 Å². The molecule has 4 saturated heterocycles. The third-order valence-corrected chi connectivity index (χ3v) is 6.65. The Morgan fingerprint density at radius 2 is 0.586 bits per heavy atom. The zero-order valence-corrected chi connectivity index (χ0v) is 18.1. The van der Waals surface area contributed by atoms with Gasteiger partial charge in [-0.15, -0.1) is 0 Å². The van der Waals surface area contributed by atoms with Crippen molar-refractivity contribution < 1.29 is 18.9 Å². The predicted molar refractivity (Wildman–Crippen MR) is 111 cm³/mol. The number of hydrogen-bond donors (Lipinski definition) is 0. The minimum Gasteiger partial charge on any atom is -0.379 e. The maximum Gasteiger partial charge on any atom is 0.0594 e. The predicted octanol–water partition coefficient (Wildman–Crippen LogP) is -0.698. The van der Waals surface area contributed by atoms with E-state index >= 15 is 0 Å². The highest BCUT2D eigenvalue weighted by molar-refractivity contribution is 4.93. The lowest BCUT2D eigenvalue weighted by atomic mass is 9.84. The molecule has 168 valence electrons. The third-order valence-electron chi connectivity index (χ3n) is 6.65. The van der Waals surface area contributed by atoms with Crippen LogP contribution < -0.4 is 0 Å². The van der Waals surface area contributed by atoms with E-state index in [1.807, 2.05) is 0 Å². The molecule has 4 fully saturated rings. The molecule has 0 aromatic carbocycles. The van der Waals surface area contributed by atoms with Crippen LogP contribution in [0, 0.1) is 5.41 Å². The average Bonchev–Trinajstić information content (AvgIpc) is 2.76. The van der Waals surface area contributed by atoms with E-state index in [4.69, 9.17) is 18.9 Å². The van der Waals surface area contributed by atoms with Gasteiger partial charge in [0.2, 0.25) is 0 Å². The smallest absolute Gasteiger partial charge is 0.0594 e. The lowest BCUT2D eigenvalue weighted by Gasteiger charge is -2.48. The van der Waals surface area contributed by atoms with Crippen LogP contribution in [0.5, 0.6) is 0 Å². The molecule has 0 aromatic rings. The molecule has 0 atom stereocenters. The molecule has 0 unspecified atom stereocenters. The summed E-state index contributed by atoms with van der Waals surface area (Å²) in [6.07, 6.45) is 0. The van der Waals surface area contributed by atoms with Crippen molar-refractivity contribution in [1.82, 2.24) is 19.6 Å². The first-order valence-corrected chi connectivity index (χ1v) is 11.5. The molecule has 0 saturated carbocycles. The Kier molecular flexibility index (Phi) is 8.56.